The molecule has 18 heavy (non-hydrogen) atoms. The highest BCUT2D eigenvalue weighted by Crippen LogP contribution is 2.36. The van der Waals surface area contributed by atoms with Gasteiger partial charge in [-0.2, -0.15) is 0 Å². The van der Waals surface area contributed by atoms with Crippen LogP contribution in [0.15, 0.2) is 23.1 Å². The summed E-state index contributed by atoms with van der Waals surface area (Å²) in [6, 6.07) is 5.92. The maximum atomic E-state index is 12.0. The van der Waals surface area contributed by atoms with E-state index in [2.05, 4.69) is 0 Å². The summed E-state index contributed by atoms with van der Waals surface area (Å²) in [5, 5.41) is 0. The van der Waals surface area contributed by atoms with Crippen LogP contribution in [-0.4, -0.2) is 24.2 Å². The first-order valence-electron chi connectivity index (χ1n) is 6.16. The molecule has 0 aliphatic carbocycles. The molecule has 0 saturated heterocycles. The van der Waals surface area contributed by atoms with Crippen LogP contribution in [0.2, 0.25) is 0 Å². The maximum Gasteiger partial charge on any atom is 0.237 e. The first kappa shape index (κ1) is 13.2. The SMILES string of the molecule is CC(N)CCCN1C(=O)CSc2ccc(N)cc21. The Morgan fingerprint density at radius 1 is 1.50 bits per heavy atom. The molecule has 1 heterocycles. The normalized spacial score (nSPS) is 16.6. The van der Waals surface area contributed by atoms with Crippen molar-refractivity contribution >= 4 is 29.0 Å². The molecule has 0 saturated carbocycles. The van der Waals surface area contributed by atoms with E-state index in [1.807, 2.05) is 30.0 Å². The van der Waals surface area contributed by atoms with Gasteiger partial charge in [0.15, 0.2) is 0 Å². The van der Waals surface area contributed by atoms with Crippen molar-refractivity contribution in [3.8, 4) is 0 Å². The zero-order valence-electron chi connectivity index (χ0n) is 10.6. The number of hydrogen-bond acceptors (Lipinski definition) is 4. The highest BCUT2D eigenvalue weighted by molar-refractivity contribution is 8.00. The van der Waals surface area contributed by atoms with Crippen LogP contribution in [-0.2, 0) is 4.79 Å². The summed E-state index contributed by atoms with van der Waals surface area (Å²) in [7, 11) is 0. The Morgan fingerprint density at radius 2 is 2.28 bits per heavy atom. The van der Waals surface area contributed by atoms with Gasteiger partial charge in [0, 0.05) is 23.2 Å². The lowest BCUT2D eigenvalue weighted by atomic mass is 10.1. The average molecular weight is 265 g/mol. The predicted octanol–water partition coefficient (Wildman–Crippen LogP) is 1.83. The summed E-state index contributed by atoms with van der Waals surface area (Å²) in [5.41, 5.74) is 13.2. The minimum Gasteiger partial charge on any atom is -0.399 e. The van der Waals surface area contributed by atoms with Gasteiger partial charge in [0.05, 0.1) is 11.4 Å². The Balaban J connectivity index is 2.14. The lowest BCUT2D eigenvalue weighted by Gasteiger charge is -2.29. The van der Waals surface area contributed by atoms with Crippen LogP contribution in [0.3, 0.4) is 0 Å². The summed E-state index contributed by atoms with van der Waals surface area (Å²) in [6.07, 6.45) is 1.84. The number of benzene rings is 1. The van der Waals surface area contributed by atoms with E-state index in [1.165, 1.54) is 0 Å². The first-order chi connectivity index (χ1) is 8.58. The number of anilines is 2. The fourth-order valence-corrected chi connectivity index (χ4v) is 2.95. The zero-order valence-corrected chi connectivity index (χ0v) is 11.4. The topological polar surface area (TPSA) is 72.3 Å². The van der Waals surface area contributed by atoms with Gasteiger partial charge in [0.25, 0.3) is 0 Å². The molecule has 2 rings (SSSR count). The van der Waals surface area contributed by atoms with Gasteiger partial charge in [-0.25, -0.2) is 0 Å². The van der Waals surface area contributed by atoms with Gasteiger partial charge in [-0.05, 0) is 38.0 Å². The summed E-state index contributed by atoms with van der Waals surface area (Å²) in [5.74, 6) is 0.664. The number of nitrogens with zero attached hydrogens (tertiary/aromatic N) is 1. The van der Waals surface area contributed by atoms with E-state index >= 15 is 0 Å². The minimum atomic E-state index is 0.155. The Labute approximate surface area is 112 Å². The number of thioether (sulfide) groups is 1. The van der Waals surface area contributed by atoms with Crippen LogP contribution in [0, 0.1) is 0 Å². The molecule has 0 spiro atoms. The van der Waals surface area contributed by atoms with E-state index in [0.717, 1.165) is 30.0 Å². The maximum absolute atomic E-state index is 12.0. The van der Waals surface area contributed by atoms with Crippen molar-refractivity contribution < 1.29 is 4.79 Å². The largest absolute Gasteiger partial charge is 0.399 e. The number of nitrogen functional groups attached to an aromatic ring is 1. The molecule has 0 radical (unpaired) electrons. The number of nitrogens with two attached hydrogens (primary N) is 2. The Kier molecular flexibility index (Phi) is 4.14. The van der Waals surface area contributed by atoms with Crippen LogP contribution in [0.1, 0.15) is 19.8 Å². The molecule has 0 fully saturated rings. The predicted molar refractivity (Wildman–Crippen MR) is 76.8 cm³/mol. The lowest BCUT2D eigenvalue weighted by molar-refractivity contribution is -0.116. The van der Waals surface area contributed by atoms with Crippen LogP contribution >= 0.6 is 11.8 Å². The molecule has 1 unspecified atom stereocenters. The number of hydrogen-bond donors (Lipinski definition) is 2. The summed E-state index contributed by atoms with van der Waals surface area (Å²) in [4.78, 5) is 14.9. The molecule has 1 aliphatic heterocycles. The number of carbonyl (C=O) groups excluding carboxylic acids is 1. The first-order valence-corrected chi connectivity index (χ1v) is 7.15. The van der Waals surface area contributed by atoms with Gasteiger partial charge in [-0.3, -0.25) is 4.79 Å². The van der Waals surface area contributed by atoms with Gasteiger partial charge in [0.2, 0.25) is 5.91 Å². The van der Waals surface area contributed by atoms with Gasteiger partial charge in [-0.1, -0.05) is 0 Å². The third-order valence-electron chi connectivity index (χ3n) is 2.97. The van der Waals surface area contributed by atoms with Crippen molar-refractivity contribution in [2.45, 2.75) is 30.7 Å². The van der Waals surface area contributed by atoms with Crippen molar-refractivity contribution in [2.75, 3.05) is 22.9 Å². The molecule has 1 aliphatic rings. The van der Waals surface area contributed by atoms with Crippen molar-refractivity contribution in [1.29, 1.82) is 0 Å². The van der Waals surface area contributed by atoms with E-state index in [4.69, 9.17) is 11.5 Å². The minimum absolute atomic E-state index is 0.155. The second-order valence-electron chi connectivity index (χ2n) is 4.68. The number of rotatable bonds is 4. The quantitative estimate of drug-likeness (QED) is 0.815. The van der Waals surface area contributed by atoms with Crippen LogP contribution in [0.4, 0.5) is 11.4 Å². The Morgan fingerprint density at radius 3 is 3.00 bits per heavy atom. The Hall–Kier alpha value is -1.20. The molecule has 1 aromatic carbocycles. The highest BCUT2D eigenvalue weighted by Gasteiger charge is 2.24. The van der Waals surface area contributed by atoms with Crippen molar-refractivity contribution in [2.24, 2.45) is 5.73 Å². The van der Waals surface area contributed by atoms with Crippen LogP contribution < -0.4 is 16.4 Å². The summed E-state index contributed by atoms with van der Waals surface area (Å²) >= 11 is 1.58. The lowest BCUT2D eigenvalue weighted by Crippen LogP contribution is -2.36. The monoisotopic (exact) mass is 265 g/mol. The molecule has 0 bridgehead atoms. The van der Waals surface area contributed by atoms with E-state index in [9.17, 15) is 4.79 Å². The third kappa shape index (κ3) is 2.97. The van der Waals surface area contributed by atoms with E-state index in [1.54, 1.807) is 11.8 Å². The van der Waals surface area contributed by atoms with Crippen LogP contribution in [0.25, 0.3) is 0 Å². The Bertz CT molecular complexity index is 448. The smallest absolute Gasteiger partial charge is 0.237 e. The second-order valence-corrected chi connectivity index (χ2v) is 5.70. The van der Waals surface area contributed by atoms with Gasteiger partial charge in [-0.15, -0.1) is 11.8 Å². The molecular formula is C13H19N3OS. The highest BCUT2D eigenvalue weighted by atomic mass is 32.2. The molecule has 0 aromatic heterocycles. The second kappa shape index (κ2) is 5.63. The molecule has 1 aromatic rings. The van der Waals surface area contributed by atoms with Gasteiger partial charge >= 0.3 is 0 Å². The number of carbonyl (C=O) groups is 1. The van der Waals surface area contributed by atoms with Crippen molar-refractivity contribution in [3.63, 3.8) is 0 Å². The van der Waals surface area contributed by atoms with E-state index in [-0.39, 0.29) is 11.9 Å². The van der Waals surface area contributed by atoms with E-state index in [0.29, 0.717) is 11.4 Å². The molecular weight excluding hydrogens is 246 g/mol. The van der Waals surface area contributed by atoms with Crippen LogP contribution in [0.5, 0.6) is 0 Å². The summed E-state index contributed by atoms with van der Waals surface area (Å²) in [6.45, 7) is 2.71. The molecule has 98 valence electrons. The third-order valence-corrected chi connectivity index (χ3v) is 4.01. The number of amides is 1. The molecule has 1 amide bonds. The van der Waals surface area contributed by atoms with Crippen molar-refractivity contribution in [1.82, 2.24) is 0 Å². The standard InChI is InChI=1S/C13H19N3OS/c1-9(14)3-2-6-16-11-7-10(15)4-5-12(11)18-8-13(16)17/h4-5,7,9H,2-3,6,8,14-15H2,1H3. The molecule has 1 atom stereocenters. The fraction of sp³-hybridized carbons (Fsp3) is 0.462. The molecule has 5 heteroatoms. The van der Waals surface area contributed by atoms with E-state index < -0.39 is 0 Å². The molecule has 4 N–H and O–H groups in total. The molecule has 4 nitrogen and oxygen atoms in total. The average Bonchev–Trinajstić information content (AvgIpc) is 2.31. The zero-order chi connectivity index (χ0) is 13.1. The fourth-order valence-electron chi connectivity index (χ4n) is 2.04. The summed E-state index contributed by atoms with van der Waals surface area (Å²) < 4.78 is 0. The van der Waals surface area contributed by atoms with Gasteiger partial charge in [0.1, 0.15) is 0 Å². The van der Waals surface area contributed by atoms with Gasteiger partial charge < -0.3 is 16.4 Å². The van der Waals surface area contributed by atoms with Crippen molar-refractivity contribution in [3.05, 3.63) is 18.2 Å². The number of fused-ring (bicyclic) bond motifs is 1.